The topological polar surface area (TPSA) is 102 Å². The first kappa shape index (κ1) is 26.2. The molecule has 0 aliphatic carbocycles. The summed E-state index contributed by atoms with van der Waals surface area (Å²) in [6.07, 6.45) is -4.61. The number of aliphatic carboxylic acids is 1. The smallest absolute Gasteiger partial charge is 0.490 e. The molecule has 2 heterocycles. The fraction of sp³-hybridized carbons (Fsp3) is 0.571. The predicted molar refractivity (Wildman–Crippen MR) is 113 cm³/mol. The monoisotopic (exact) mass is 474 g/mol. The molecule has 184 valence electrons. The van der Waals surface area contributed by atoms with Gasteiger partial charge in [0.05, 0.1) is 7.11 Å². The van der Waals surface area contributed by atoms with Crippen molar-refractivity contribution in [2.45, 2.75) is 19.1 Å². The van der Waals surface area contributed by atoms with Crippen LogP contribution in [0.4, 0.5) is 18.0 Å². The Morgan fingerprint density at radius 1 is 1.18 bits per heavy atom. The van der Waals surface area contributed by atoms with Crippen LogP contribution in [0.15, 0.2) is 24.3 Å². The van der Waals surface area contributed by atoms with Crippen LogP contribution >= 0.6 is 0 Å². The van der Waals surface area contributed by atoms with E-state index in [1.807, 2.05) is 17.0 Å². The molecule has 0 aromatic heterocycles. The van der Waals surface area contributed by atoms with Gasteiger partial charge in [-0.05, 0) is 17.7 Å². The Balaban J connectivity index is 0.000000479. The normalized spacial score (nSPS) is 21.0. The van der Waals surface area contributed by atoms with Crippen LogP contribution in [0.2, 0.25) is 0 Å². The maximum absolute atomic E-state index is 12.5. The minimum Gasteiger partial charge on any atom is -0.497 e. The van der Waals surface area contributed by atoms with E-state index in [1.54, 1.807) is 26.1 Å². The number of ether oxygens (including phenoxy) is 1. The molecule has 0 bridgehead atoms. The van der Waals surface area contributed by atoms with Gasteiger partial charge in [-0.3, -0.25) is 9.69 Å². The second-order valence-electron chi connectivity index (χ2n) is 8.41. The van der Waals surface area contributed by atoms with E-state index in [0.29, 0.717) is 26.1 Å². The number of carbonyl (C=O) groups excluding carboxylic acids is 2. The number of carbonyl (C=O) groups is 3. The maximum atomic E-state index is 12.5. The number of alkyl halides is 3. The van der Waals surface area contributed by atoms with E-state index in [1.165, 1.54) is 5.56 Å². The van der Waals surface area contributed by atoms with Crippen LogP contribution in [0.25, 0.3) is 0 Å². The summed E-state index contributed by atoms with van der Waals surface area (Å²) in [6.45, 7) is 4.30. The SMILES string of the molecule is COc1ccc(CN2CCN(C(=O)N(C)C)CC3(CNC(=O)C3)C2)cc1.O=C(O)C(F)(F)F. The molecule has 2 saturated heterocycles. The Labute approximate surface area is 190 Å². The zero-order valence-electron chi connectivity index (χ0n) is 18.8. The number of benzene rings is 1. The average molecular weight is 474 g/mol. The molecular formula is C21H29F3N4O5. The van der Waals surface area contributed by atoms with Crippen LogP contribution in [0.5, 0.6) is 5.75 Å². The zero-order chi connectivity index (χ0) is 24.8. The molecule has 3 rings (SSSR count). The van der Waals surface area contributed by atoms with E-state index in [2.05, 4.69) is 22.3 Å². The van der Waals surface area contributed by atoms with Crippen molar-refractivity contribution in [1.82, 2.24) is 20.0 Å². The Morgan fingerprint density at radius 2 is 1.79 bits per heavy atom. The van der Waals surface area contributed by atoms with Crippen LogP contribution in [0.1, 0.15) is 12.0 Å². The highest BCUT2D eigenvalue weighted by molar-refractivity contribution is 5.80. The molecule has 1 aromatic carbocycles. The van der Waals surface area contributed by atoms with E-state index >= 15 is 0 Å². The van der Waals surface area contributed by atoms with Gasteiger partial charge in [0.1, 0.15) is 5.75 Å². The number of hydrogen-bond acceptors (Lipinski definition) is 5. The highest BCUT2D eigenvalue weighted by Crippen LogP contribution is 2.31. The van der Waals surface area contributed by atoms with Gasteiger partial charge < -0.3 is 25.0 Å². The summed E-state index contributed by atoms with van der Waals surface area (Å²) in [5, 5.41) is 10.1. The van der Waals surface area contributed by atoms with Crippen molar-refractivity contribution < 1.29 is 37.4 Å². The highest BCUT2D eigenvalue weighted by atomic mass is 19.4. The van der Waals surface area contributed by atoms with E-state index < -0.39 is 12.1 Å². The predicted octanol–water partition coefficient (Wildman–Crippen LogP) is 1.63. The lowest BCUT2D eigenvalue weighted by Crippen LogP contribution is -2.47. The quantitative estimate of drug-likeness (QED) is 0.691. The summed E-state index contributed by atoms with van der Waals surface area (Å²) >= 11 is 0. The van der Waals surface area contributed by atoms with Gasteiger partial charge in [0.2, 0.25) is 5.91 Å². The number of nitrogens with zero attached hydrogens (tertiary/aromatic N) is 3. The molecule has 0 saturated carbocycles. The summed E-state index contributed by atoms with van der Waals surface area (Å²) in [5.74, 6) is -1.84. The van der Waals surface area contributed by atoms with Gasteiger partial charge in [0, 0.05) is 65.2 Å². The van der Waals surface area contributed by atoms with Gasteiger partial charge >= 0.3 is 18.2 Å². The Bertz CT molecular complexity index is 847. The molecule has 33 heavy (non-hydrogen) atoms. The third-order valence-corrected chi connectivity index (χ3v) is 5.43. The third-order valence-electron chi connectivity index (χ3n) is 5.43. The Kier molecular flexibility index (Phi) is 8.53. The van der Waals surface area contributed by atoms with Gasteiger partial charge in [0.25, 0.3) is 0 Å². The number of amides is 3. The molecule has 2 aliphatic rings. The lowest BCUT2D eigenvalue weighted by molar-refractivity contribution is -0.192. The summed E-state index contributed by atoms with van der Waals surface area (Å²) < 4.78 is 37.0. The van der Waals surface area contributed by atoms with Crippen molar-refractivity contribution in [3.05, 3.63) is 29.8 Å². The zero-order valence-corrected chi connectivity index (χ0v) is 18.8. The lowest BCUT2D eigenvalue weighted by atomic mass is 9.86. The molecule has 9 nitrogen and oxygen atoms in total. The standard InChI is InChI=1S/C19H28N4O3.C2HF3O2/c1-21(2)18(25)23-9-8-22(11-15-4-6-16(26-3)7-5-15)13-19(14-23)10-17(24)20-12-19;3-2(4,5)1(6)7/h4-7H,8-14H2,1-3H3,(H,20,24);(H,6,7). The first-order valence-corrected chi connectivity index (χ1v) is 10.2. The van der Waals surface area contributed by atoms with Crippen LogP contribution in [-0.4, -0.2) is 97.8 Å². The molecule has 2 fully saturated rings. The van der Waals surface area contributed by atoms with E-state index in [0.717, 1.165) is 25.4 Å². The molecule has 2 aliphatic heterocycles. The second kappa shape index (κ2) is 10.7. The first-order valence-electron chi connectivity index (χ1n) is 10.2. The van der Waals surface area contributed by atoms with Crippen molar-refractivity contribution >= 4 is 17.9 Å². The van der Waals surface area contributed by atoms with E-state index in [-0.39, 0.29) is 17.4 Å². The largest absolute Gasteiger partial charge is 0.497 e. The summed E-state index contributed by atoms with van der Waals surface area (Å²) in [4.78, 5) is 39.2. The highest BCUT2D eigenvalue weighted by Gasteiger charge is 2.44. The molecule has 2 N–H and O–H groups in total. The van der Waals surface area contributed by atoms with Crippen LogP contribution < -0.4 is 10.1 Å². The number of halogens is 3. The summed E-state index contributed by atoms with van der Waals surface area (Å²) in [7, 11) is 5.20. The van der Waals surface area contributed by atoms with Gasteiger partial charge in [-0.25, -0.2) is 9.59 Å². The van der Waals surface area contributed by atoms with Crippen LogP contribution in [0, 0.1) is 5.41 Å². The Morgan fingerprint density at radius 3 is 2.24 bits per heavy atom. The molecule has 1 atom stereocenters. The molecule has 0 radical (unpaired) electrons. The molecule has 1 spiro atoms. The minimum absolute atomic E-state index is 0.00928. The van der Waals surface area contributed by atoms with Crippen molar-refractivity contribution in [1.29, 1.82) is 0 Å². The maximum Gasteiger partial charge on any atom is 0.490 e. The average Bonchev–Trinajstić information content (AvgIpc) is 3.00. The van der Waals surface area contributed by atoms with Gasteiger partial charge in [-0.15, -0.1) is 0 Å². The molecular weight excluding hydrogens is 445 g/mol. The van der Waals surface area contributed by atoms with Crippen LogP contribution in [-0.2, 0) is 16.1 Å². The number of methoxy groups -OCH3 is 1. The molecule has 1 aromatic rings. The number of rotatable bonds is 3. The van der Waals surface area contributed by atoms with Crippen molar-refractivity contribution in [3.63, 3.8) is 0 Å². The fourth-order valence-electron chi connectivity index (χ4n) is 3.89. The van der Waals surface area contributed by atoms with Gasteiger partial charge in [-0.2, -0.15) is 13.2 Å². The third kappa shape index (κ3) is 7.52. The van der Waals surface area contributed by atoms with Crippen LogP contribution in [0.3, 0.4) is 0 Å². The Hall–Kier alpha value is -3.02. The summed E-state index contributed by atoms with van der Waals surface area (Å²) in [5.41, 5.74) is 0.983. The molecule has 12 heteroatoms. The number of nitrogens with one attached hydrogen (secondary N) is 1. The minimum atomic E-state index is -5.08. The first-order chi connectivity index (χ1) is 15.3. The number of carboxylic acid groups (broad SMARTS) is 1. The molecule has 3 amide bonds. The van der Waals surface area contributed by atoms with Gasteiger partial charge in [-0.1, -0.05) is 12.1 Å². The fourth-order valence-corrected chi connectivity index (χ4v) is 3.89. The van der Waals surface area contributed by atoms with Crippen molar-refractivity contribution in [2.75, 3.05) is 53.9 Å². The van der Waals surface area contributed by atoms with Crippen molar-refractivity contribution in [2.24, 2.45) is 5.41 Å². The lowest BCUT2D eigenvalue weighted by Gasteiger charge is -2.33. The van der Waals surface area contributed by atoms with Crippen molar-refractivity contribution in [3.8, 4) is 5.75 Å². The number of hydrogen-bond donors (Lipinski definition) is 2. The second-order valence-corrected chi connectivity index (χ2v) is 8.41. The number of carboxylic acids is 1. The van der Waals surface area contributed by atoms with Gasteiger partial charge in [0.15, 0.2) is 0 Å². The molecule has 1 unspecified atom stereocenters. The summed E-state index contributed by atoms with van der Waals surface area (Å²) in [6, 6.07) is 8.07. The van der Waals surface area contributed by atoms with E-state index in [4.69, 9.17) is 14.6 Å². The van der Waals surface area contributed by atoms with E-state index in [9.17, 15) is 22.8 Å². The number of urea groups is 1.